The van der Waals surface area contributed by atoms with Crippen LogP contribution in [0.25, 0.3) is 5.76 Å². The van der Waals surface area contributed by atoms with E-state index in [1.54, 1.807) is 43.4 Å². The van der Waals surface area contributed by atoms with Crippen LogP contribution in [0.5, 0.6) is 0 Å². The number of hydrogen-bond acceptors (Lipinski definition) is 3. The average Bonchev–Trinajstić information content (AvgIpc) is 2.80. The third-order valence-electron chi connectivity index (χ3n) is 4.19. The van der Waals surface area contributed by atoms with Crippen molar-refractivity contribution < 1.29 is 14.7 Å². The second-order valence-corrected chi connectivity index (χ2v) is 6.26. The number of hydrogen-bond donors (Lipinski definition) is 1. The molecule has 1 heterocycles. The fraction of sp³-hybridized carbons (Fsp3) is 0.158. The van der Waals surface area contributed by atoms with Gasteiger partial charge in [-0.25, -0.2) is 0 Å². The molecule has 5 heteroatoms. The maximum absolute atomic E-state index is 12.4. The predicted molar refractivity (Wildman–Crippen MR) is 92.7 cm³/mol. The number of nitrogens with zero attached hydrogens (tertiary/aromatic N) is 1. The van der Waals surface area contributed by atoms with E-state index >= 15 is 0 Å². The largest absolute Gasteiger partial charge is 0.507 e. The Labute approximate surface area is 145 Å². The lowest BCUT2D eigenvalue weighted by atomic mass is 9.95. The molecule has 2 aromatic rings. The van der Waals surface area contributed by atoms with Crippen LogP contribution in [0.1, 0.15) is 22.7 Å². The lowest BCUT2D eigenvalue weighted by Crippen LogP contribution is -2.24. The zero-order valence-electron chi connectivity index (χ0n) is 13.3. The normalized spacial score (nSPS) is 19.8. The van der Waals surface area contributed by atoms with E-state index in [0.717, 1.165) is 11.1 Å². The smallest absolute Gasteiger partial charge is 0.295 e. The molecule has 1 atom stereocenters. The summed E-state index contributed by atoms with van der Waals surface area (Å²) in [4.78, 5) is 25.9. The minimum Gasteiger partial charge on any atom is -0.507 e. The second-order valence-electron chi connectivity index (χ2n) is 5.83. The van der Waals surface area contributed by atoms with E-state index in [1.165, 1.54) is 4.90 Å². The van der Waals surface area contributed by atoms with Gasteiger partial charge in [0, 0.05) is 17.6 Å². The molecule has 24 heavy (non-hydrogen) atoms. The number of aliphatic hydroxyl groups excluding tert-OH is 1. The van der Waals surface area contributed by atoms with E-state index in [0.29, 0.717) is 10.6 Å². The Bertz CT molecular complexity index is 838. The van der Waals surface area contributed by atoms with E-state index in [2.05, 4.69) is 0 Å². The molecular formula is C19H16ClNO3. The predicted octanol–water partition coefficient (Wildman–Crippen LogP) is 3.70. The van der Waals surface area contributed by atoms with Crippen LogP contribution in [-0.2, 0) is 9.59 Å². The summed E-state index contributed by atoms with van der Waals surface area (Å²) in [6.45, 7) is 1.93. The highest BCUT2D eigenvalue weighted by Gasteiger charge is 2.44. The zero-order valence-corrected chi connectivity index (χ0v) is 14.0. The van der Waals surface area contributed by atoms with Crippen LogP contribution < -0.4 is 0 Å². The van der Waals surface area contributed by atoms with Crippen molar-refractivity contribution in [3.63, 3.8) is 0 Å². The quantitative estimate of drug-likeness (QED) is 0.515. The maximum Gasteiger partial charge on any atom is 0.295 e. The fourth-order valence-corrected chi connectivity index (χ4v) is 2.98. The molecule has 0 saturated carbocycles. The highest BCUT2D eigenvalue weighted by Crippen LogP contribution is 2.38. The molecule has 122 valence electrons. The van der Waals surface area contributed by atoms with Crippen LogP contribution in [0.15, 0.2) is 54.1 Å². The van der Waals surface area contributed by atoms with Gasteiger partial charge in [-0.3, -0.25) is 9.59 Å². The fourth-order valence-electron chi connectivity index (χ4n) is 2.85. The number of Topliss-reactive ketones (excluding diaryl/α,β-unsaturated/α-hetero) is 1. The maximum atomic E-state index is 12.4. The van der Waals surface area contributed by atoms with Crippen LogP contribution >= 0.6 is 11.6 Å². The van der Waals surface area contributed by atoms with E-state index in [1.807, 2.05) is 19.1 Å². The molecule has 1 amide bonds. The number of rotatable bonds is 2. The van der Waals surface area contributed by atoms with Crippen molar-refractivity contribution in [2.45, 2.75) is 13.0 Å². The van der Waals surface area contributed by atoms with Crippen LogP contribution in [0.3, 0.4) is 0 Å². The van der Waals surface area contributed by atoms with E-state index in [9.17, 15) is 14.7 Å². The number of benzene rings is 2. The standard InChI is InChI=1S/C19H16ClNO3/c1-11-3-5-13(6-4-11)17(22)15-16(21(2)19(24)18(15)23)12-7-9-14(20)10-8-12/h3-10,16,22H,1-2H3/b17-15+/t16-/m1/s1. The van der Waals surface area contributed by atoms with Crippen LogP contribution in [0.2, 0.25) is 5.02 Å². The molecule has 0 aliphatic carbocycles. The van der Waals surface area contributed by atoms with Gasteiger partial charge in [0.25, 0.3) is 11.7 Å². The van der Waals surface area contributed by atoms with Crippen LogP contribution in [-0.4, -0.2) is 28.7 Å². The molecule has 0 aromatic heterocycles. The summed E-state index contributed by atoms with van der Waals surface area (Å²) < 4.78 is 0. The van der Waals surface area contributed by atoms with Gasteiger partial charge in [0.05, 0.1) is 11.6 Å². The van der Waals surface area contributed by atoms with Crippen LogP contribution in [0.4, 0.5) is 0 Å². The van der Waals surface area contributed by atoms with Gasteiger partial charge in [-0.1, -0.05) is 53.6 Å². The number of aryl methyl sites for hydroxylation is 1. The molecular weight excluding hydrogens is 326 g/mol. The second kappa shape index (κ2) is 6.13. The third-order valence-corrected chi connectivity index (χ3v) is 4.44. The SMILES string of the molecule is Cc1ccc(/C(O)=C2\C(=O)C(=O)N(C)[C@@H]2c2ccc(Cl)cc2)cc1. The summed E-state index contributed by atoms with van der Waals surface area (Å²) in [5.74, 6) is -1.49. The van der Waals surface area contributed by atoms with Crippen molar-refractivity contribution >= 4 is 29.1 Å². The topological polar surface area (TPSA) is 57.6 Å². The number of likely N-dealkylation sites (tertiary alicyclic amines) is 1. The average molecular weight is 342 g/mol. The minimum absolute atomic E-state index is 0.0914. The number of amides is 1. The summed E-state index contributed by atoms with van der Waals surface area (Å²) >= 11 is 5.91. The Kier molecular flexibility index (Phi) is 4.16. The number of carbonyl (C=O) groups is 2. The number of carbonyl (C=O) groups excluding carboxylic acids is 2. The zero-order chi connectivity index (χ0) is 17.4. The monoisotopic (exact) mass is 341 g/mol. The summed E-state index contributed by atoms with van der Waals surface area (Å²) in [7, 11) is 1.55. The summed E-state index contributed by atoms with van der Waals surface area (Å²) in [5, 5.41) is 11.2. The van der Waals surface area contributed by atoms with E-state index in [4.69, 9.17) is 11.6 Å². The molecule has 0 radical (unpaired) electrons. The van der Waals surface area contributed by atoms with Crippen molar-refractivity contribution in [3.05, 3.63) is 75.8 Å². The van der Waals surface area contributed by atoms with Crippen molar-refractivity contribution in [1.82, 2.24) is 4.90 Å². The molecule has 0 unspecified atom stereocenters. The molecule has 1 saturated heterocycles. The van der Waals surface area contributed by atoms with Gasteiger partial charge < -0.3 is 10.0 Å². The van der Waals surface area contributed by atoms with Gasteiger partial charge in [0.1, 0.15) is 5.76 Å². The first-order valence-corrected chi connectivity index (χ1v) is 7.85. The first-order chi connectivity index (χ1) is 11.4. The third kappa shape index (κ3) is 2.69. The molecule has 3 rings (SSSR count). The van der Waals surface area contributed by atoms with E-state index in [-0.39, 0.29) is 11.3 Å². The Balaban J connectivity index is 2.16. The first kappa shape index (κ1) is 16.3. The van der Waals surface area contributed by atoms with Gasteiger partial charge in [-0.2, -0.15) is 0 Å². The molecule has 4 nitrogen and oxygen atoms in total. The van der Waals surface area contributed by atoms with E-state index < -0.39 is 17.7 Å². The van der Waals surface area contributed by atoms with Crippen molar-refractivity contribution in [2.75, 3.05) is 7.05 Å². The molecule has 2 aromatic carbocycles. The van der Waals surface area contributed by atoms with Crippen LogP contribution in [0, 0.1) is 6.92 Å². The van der Waals surface area contributed by atoms with Crippen molar-refractivity contribution in [1.29, 1.82) is 0 Å². The minimum atomic E-state index is -0.685. The first-order valence-electron chi connectivity index (χ1n) is 7.47. The molecule has 0 bridgehead atoms. The number of aliphatic hydroxyl groups is 1. The molecule has 1 N–H and O–H groups in total. The Morgan fingerprint density at radius 1 is 1.04 bits per heavy atom. The lowest BCUT2D eigenvalue weighted by Gasteiger charge is -2.21. The highest BCUT2D eigenvalue weighted by molar-refractivity contribution is 6.46. The Morgan fingerprint density at radius 2 is 1.62 bits per heavy atom. The highest BCUT2D eigenvalue weighted by atomic mass is 35.5. The van der Waals surface area contributed by atoms with Crippen molar-refractivity contribution in [2.24, 2.45) is 0 Å². The van der Waals surface area contributed by atoms with Gasteiger partial charge in [-0.15, -0.1) is 0 Å². The number of ketones is 1. The number of likely N-dealkylation sites (N-methyl/N-ethyl adjacent to an activating group) is 1. The van der Waals surface area contributed by atoms with Gasteiger partial charge in [0.15, 0.2) is 0 Å². The number of halogens is 1. The summed E-state index contributed by atoms with van der Waals surface area (Å²) in [6.07, 6.45) is 0. The molecule has 1 fully saturated rings. The lowest BCUT2D eigenvalue weighted by molar-refractivity contribution is -0.139. The molecule has 0 spiro atoms. The molecule has 1 aliphatic rings. The van der Waals surface area contributed by atoms with Gasteiger partial charge >= 0.3 is 0 Å². The van der Waals surface area contributed by atoms with Gasteiger partial charge in [-0.05, 0) is 24.6 Å². The van der Waals surface area contributed by atoms with Gasteiger partial charge in [0.2, 0.25) is 0 Å². The van der Waals surface area contributed by atoms with Crippen molar-refractivity contribution in [3.8, 4) is 0 Å². The summed E-state index contributed by atoms with van der Waals surface area (Å²) in [6, 6.07) is 13.4. The molecule has 1 aliphatic heterocycles. The Morgan fingerprint density at radius 3 is 2.21 bits per heavy atom. The Hall–Kier alpha value is -2.59. The summed E-state index contributed by atoms with van der Waals surface area (Å²) in [5.41, 5.74) is 2.35.